The Kier molecular flexibility index (Phi) is 2.82. The van der Waals surface area contributed by atoms with E-state index in [9.17, 15) is 14.9 Å². The van der Waals surface area contributed by atoms with E-state index in [4.69, 9.17) is 10.5 Å². The van der Waals surface area contributed by atoms with E-state index in [-0.39, 0.29) is 22.8 Å². The maximum Gasteiger partial charge on any atom is 0.245 e. The van der Waals surface area contributed by atoms with E-state index in [1.54, 1.807) is 31.2 Å². The summed E-state index contributed by atoms with van der Waals surface area (Å²) in [5.74, 6) is -0.564. The zero-order valence-corrected chi connectivity index (χ0v) is 12.1. The minimum absolute atomic E-state index is 0.0641. The highest BCUT2D eigenvalue weighted by Gasteiger charge is 2.58. The molecular formula is C16H13N3O3. The fraction of sp³-hybridized carbons (Fsp3) is 0.188. The third kappa shape index (κ3) is 1.48. The molecule has 3 rings (SSSR count). The molecule has 1 atom stereocenters. The van der Waals surface area contributed by atoms with E-state index in [1.165, 1.54) is 6.92 Å². The van der Waals surface area contributed by atoms with Gasteiger partial charge in [-0.1, -0.05) is 18.2 Å². The molecule has 0 saturated carbocycles. The van der Waals surface area contributed by atoms with Crippen LogP contribution >= 0.6 is 0 Å². The summed E-state index contributed by atoms with van der Waals surface area (Å²) in [6.45, 7) is 3.00. The molecule has 0 aliphatic carbocycles. The van der Waals surface area contributed by atoms with Gasteiger partial charge < -0.3 is 15.8 Å². The molecule has 0 fully saturated rings. The van der Waals surface area contributed by atoms with Crippen LogP contribution in [0.1, 0.15) is 19.4 Å². The number of nitriles is 1. The summed E-state index contributed by atoms with van der Waals surface area (Å²) in [6.07, 6.45) is 0. The number of rotatable bonds is 1. The van der Waals surface area contributed by atoms with Gasteiger partial charge in [0.1, 0.15) is 22.8 Å². The van der Waals surface area contributed by atoms with Crippen molar-refractivity contribution in [3.05, 3.63) is 52.6 Å². The number of nitrogens with zero attached hydrogens (tertiary/aromatic N) is 1. The highest BCUT2D eigenvalue weighted by molar-refractivity contribution is 6.13. The predicted octanol–water partition coefficient (Wildman–Crippen LogP) is 1.00. The van der Waals surface area contributed by atoms with Crippen molar-refractivity contribution in [1.29, 1.82) is 5.26 Å². The molecule has 1 aromatic carbocycles. The molecule has 0 radical (unpaired) electrons. The van der Waals surface area contributed by atoms with Crippen molar-refractivity contribution in [1.82, 2.24) is 5.32 Å². The average molecular weight is 295 g/mol. The second-order valence-electron chi connectivity index (χ2n) is 5.21. The molecular weight excluding hydrogens is 282 g/mol. The molecule has 1 aromatic rings. The fourth-order valence-corrected chi connectivity index (χ4v) is 3.24. The van der Waals surface area contributed by atoms with Crippen molar-refractivity contribution in [2.75, 3.05) is 0 Å². The quantitative estimate of drug-likeness (QED) is 0.804. The first-order valence-electron chi connectivity index (χ1n) is 6.66. The first-order valence-corrected chi connectivity index (χ1v) is 6.66. The lowest BCUT2D eigenvalue weighted by Crippen LogP contribution is -2.45. The van der Waals surface area contributed by atoms with Crippen LogP contribution in [0.4, 0.5) is 0 Å². The molecule has 1 spiro atoms. The van der Waals surface area contributed by atoms with Crippen LogP contribution in [0.15, 0.2) is 47.0 Å². The molecule has 0 saturated heterocycles. The van der Waals surface area contributed by atoms with Gasteiger partial charge in [0.15, 0.2) is 5.78 Å². The van der Waals surface area contributed by atoms with Gasteiger partial charge in [-0.05, 0) is 19.9 Å². The number of fused-ring (bicyclic) bond motifs is 2. The Bertz CT molecular complexity index is 829. The average Bonchev–Trinajstić information content (AvgIpc) is 2.71. The molecule has 0 bridgehead atoms. The molecule has 6 heteroatoms. The molecule has 3 N–H and O–H groups in total. The van der Waals surface area contributed by atoms with Gasteiger partial charge in [0.05, 0.1) is 0 Å². The standard InChI is InChI=1S/C16H13N3O3/c1-8-13(9(2)20)16(15(21)19-8)10-5-3-4-6-12(10)22-14(18)11(16)7-17/h3-6H,18H2,1-2H3,(H,19,21)/t16-/m1/s1. The zero-order valence-electron chi connectivity index (χ0n) is 12.1. The number of amides is 1. The van der Waals surface area contributed by atoms with Crippen LogP contribution in [0.25, 0.3) is 0 Å². The number of nitrogens with two attached hydrogens (primary N) is 1. The van der Waals surface area contributed by atoms with Crippen LogP contribution in [0.2, 0.25) is 0 Å². The van der Waals surface area contributed by atoms with Gasteiger partial charge in [-0.2, -0.15) is 5.26 Å². The Morgan fingerprint density at radius 1 is 1.41 bits per heavy atom. The maximum absolute atomic E-state index is 12.8. The molecule has 0 aromatic heterocycles. The summed E-state index contributed by atoms with van der Waals surface area (Å²) < 4.78 is 5.45. The second-order valence-corrected chi connectivity index (χ2v) is 5.21. The predicted molar refractivity (Wildman–Crippen MR) is 77.1 cm³/mol. The first-order chi connectivity index (χ1) is 10.4. The van der Waals surface area contributed by atoms with Gasteiger partial charge >= 0.3 is 0 Å². The summed E-state index contributed by atoms with van der Waals surface area (Å²) in [5, 5.41) is 12.2. The Hall–Kier alpha value is -3.07. The number of Topliss-reactive ketones (excluding diaryl/α,β-unsaturated/α-hetero) is 1. The second kappa shape index (κ2) is 4.46. The monoisotopic (exact) mass is 295 g/mol. The number of ketones is 1. The van der Waals surface area contributed by atoms with Crippen molar-refractivity contribution in [2.45, 2.75) is 19.3 Å². The van der Waals surface area contributed by atoms with Crippen molar-refractivity contribution in [3.8, 4) is 11.8 Å². The van der Waals surface area contributed by atoms with E-state index in [0.29, 0.717) is 17.0 Å². The molecule has 22 heavy (non-hydrogen) atoms. The number of hydrogen-bond donors (Lipinski definition) is 2. The van der Waals surface area contributed by atoms with Crippen molar-refractivity contribution in [2.24, 2.45) is 5.73 Å². The Labute approximate surface area is 126 Å². The van der Waals surface area contributed by atoms with E-state index in [0.717, 1.165) is 0 Å². The Morgan fingerprint density at radius 3 is 2.73 bits per heavy atom. The third-order valence-electron chi connectivity index (χ3n) is 3.99. The number of allylic oxidation sites excluding steroid dienone is 1. The third-order valence-corrected chi connectivity index (χ3v) is 3.99. The summed E-state index contributed by atoms with van der Waals surface area (Å²) in [5.41, 5.74) is 5.35. The number of benzene rings is 1. The number of carbonyl (C=O) groups is 2. The summed E-state index contributed by atoms with van der Waals surface area (Å²) in [6, 6.07) is 8.71. The van der Waals surface area contributed by atoms with Crippen molar-refractivity contribution in [3.63, 3.8) is 0 Å². The normalized spacial score (nSPS) is 23.0. The zero-order chi connectivity index (χ0) is 16.1. The molecule has 2 heterocycles. The van der Waals surface area contributed by atoms with Gasteiger partial charge in [-0.25, -0.2) is 0 Å². The van der Waals surface area contributed by atoms with Gasteiger partial charge in [0.25, 0.3) is 0 Å². The van der Waals surface area contributed by atoms with E-state index in [2.05, 4.69) is 5.32 Å². The Morgan fingerprint density at radius 2 is 2.09 bits per heavy atom. The van der Waals surface area contributed by atoms with E-state index >= 15 is 0 Å². The summed E-state index contributed by atoms with van der Waals surface area (Å²) in [7, 11) is 0. The molecule has 2 aliphatic rings. The largest absolute Gasteiger partial charge is 0.440 e. The first kappa shape index (κ1) is 13.9. The molecule has 1 amide bonds. The summed E-state index contributed by atoms with van der Waals surface area (Å²) >= 11 is 0. The highest BCUT2D eigenvalue weighted by Crippen LogP contribution is 2.50. The number of para-hydroxylation sites is 1. The van der Waals surface area contributed by atoms with Crippen molar-refractivity contribution >= 4 is 11.7 Å². The van der Waals surface area contributed by atoms with Crippen LogP contribution in [0.3, 0.4) is 0 Å². The lowest BCUT2D eigenvalue weighted by molar-refractivity contribution is -0.124. The number of ether oxygens (including phenoxy) is 1. The Balaban J connectivity index is 2.48. The number of nitrogens with one attached hydrogen (secondary N) is 1. The van der Waals surface area contributed by atoms with E-state index < -0.39 is 11.3 Å². The minimum Gasteiger partial charge on any atom is -0.440 e. The molecule has 0 unspecified atom stereocenters. The van der Waals surface area contributed by atoms with Crippen LogP contribution in [0, 0.1) is 11.3 Å². The molecule has 110 valence electrons. The van der Waals surface area contributed by atoms with Crippen LogP contribution in [-0.2, 0) is 15.0 Å². The minimum atomic E-state index is -1.54. The summed E-state index contributed by atoms with van der Waals surface area (Å²) in [4.78, 5) is 24.9. The van der Waals surface area contributed by atoms with Gasteiger partial charge in [0.2, 0.25) is 11.8 Å². The van der Waals surface area contributed by atoms with Gasteiger partial charge in [-0.3, -0.25) is 9.59 Å². The van der Waals surface area contributed by atoms with Gasteiger partial charge in [-0.15, -0.1) is 0 Å². The number of carbonyl (C=O) groups excluding carboxylic acids is 2. The SMILES string of the molecule is CC(=O)C1=C(C)NC(=O)[C@]12C(C#N)=C(N)Oc1ccccc12. The fourth-order valence-electron chi connectivity index (χ4n) is 3.24. The molecule has 6 nitrogen and oxygen atoms in total. The molecule has 2 aliphatic heterocycles. The smallest absolute Gasteiger partial charge is 0.245 e. The lowest BCUT2D eigenvalue weighted by atomic mass is 9.67. The number of hydrogen-bond acceptors (Lipinski definition) is 5. The maximum atomic E-state index is 12.8. The lowest BCUT2D eigenvalue weighted by Gasteiger charge is -2.34. The van der Waals surface area contributed by atoms with Crippen LogP contribution in [0.5, 0.6) is 5.75 Å². The topological polar surface area (TPSA) is 105 Å². The van der Waals surface area contributed by atoms with Crippen LogP contribution < -0.4 is 15.8 Å². The highest BCUT2D eigenvalue weighted by atomic mass is 16.5. The van der Waals surface area contributed by atoms with Crippen molar-refractivity contribution < 1.29 is 14.3 Å². The van der Waals surface area contributed by atoms with Crippen LogP contribution in [-0.4, -0.2) is 11.7 Å². The van der Waals surface area contributed by atoms with E-state index in [1.807, 2.05) is 6.07 Å². The van der Waals surface area contributed by atoms with Gasteiger partial charge in [0, 0.05) is 16.8 Å².